The second-order valence-corrected chi connectivity index (χ2v) is 8.24. The van der Waals surface area contributed by atoms with Crippen LogP contribution in [0.1, 0.15) is 36.5 Å². The maximum atomic E-state index is 13.0. The average Bonchev–Trinajstić information content (AvgIpc) is 3.40. The van der Waals surface area contributed by atoms with Crippen molar-refractivity contribution in [3.05, 3.63) is 60.4 Å². The molecule has 11 heteroatoms. The summed E-state index contributed by atoms with van der Waals surface area (Å²) in [4.78, 5) is 23.2. The van der Waals surface area contributed by atoms with Crippen molar-refractivity contribution in [2.45, 2.75) is 38.6 Å². The van der Waals surface area contributed by atoms with Crippen molar-refractivity contribution in [3.8, 4) is 11.3 Å². The molecule has 0 aliphatic carbocycles. The van der Waals surface area contributed by atoms with Gasteiger partial charge in [0, 0.05) is 23.7 Å². The Bertz CT molecular complexity index is 1290. The van der Waals surface area contributed by atoms with Crippen molar-refractivity contribution in [3.63, 3.8) is 0 Å². The van der Waals surface area contributed by atoms with E-state index in [1.165, 1.54) is 12.4 Å². The predicted molar refractivity (Wildman–Crippen MR) is 115 cm³/mol. The fraction of sp³-hybridized carbons (Fsp3) is 0.273. The van der Waals surface area contributed by atoms with Gasteiger partial charge in [0.1, 0.15) is 11.4 Å². The zero-order valence-corrected chi connectivity index (χ0v) is 17.8. The molecule has 0 atom stereocenters. The highest BCUT2D eigenvalue weighted by molar-refractivity contribution is 6.06. The molecule has 0 spiro atoms. The number of carbonyl (C=O) groups is 1. The van der Waals surface area contributed by atoms with Crippen LogP contribution in [0.25, 0.3) is 22.2 Å². The molecule has 1 aromatic carbocycles. The van der Waals surface area contributed by atoms with E-state index in [0.29, 0.717) is 40.8 Å². The minimum atomic E-state index is -4.66. The van der Waals surface area contributed by atoms with Gasteiger partial charge in [0.25, 0.3) is 5.91 Å². The summed E-state index contributed by atoms with van der Waals surface area (Å²) in [5, 5.41) is 17.9. The summed E-state index contributed by atoms with van der Waals surface area (Å²) in [6, 6.07) is 6.59. The van der Waals surface area contributed by atoms with E-state index in [4.69, 9.17) is 0 Å². The third-order valence-corrected chi connectivity index (χ3v) is 4.95. The van der Waals surface area contributed by atoms with Gasteiger partial charge in [0.15, 0.2) is 0 Å². The smallest absolute Gasteiger partial charge is 0.390 e. The van der Waals surface area contributed by atoms with Crippen molar-refractivity contribution in [1.29, 1.82) is 0 Å². The molecule has 0 unspecified atom stereocenters. The first kappa shape index (κ1) is 22.5. The number of anilines is 1. The van der Waals surface area contributed by atoms with E-state index < -0.39 is 23.4 Å². The van der Waals surface area contributed by atoms with Crippen LogP contribution >= 0.6 is 0 Å². The summed E-state index contributed by atoms with van der Waals surface area (Å²) in [7, 11) is 0. The SMILES string of the molecule is CC(C)(O)CCn1cc2cc(NC(=O)c3cccc(C(F)(F)F)n3)c(-c3cnc[nH]3)cc2n1. The van der Waals surface area contributed by atoms with E-state index in [1.807, 2.05) is 0 Å². The number of halogens is 3. The second-order valence-electron chi connectivity index (χ2n) is 8.24. The molecular weight excluding hydrogens is 437 g/mol. The van der Waals surface area contributed by atoms with Crippen LogP contribution in [0.2, 0.25) is 0 Å². The molecule has 3 aromatic heterocycles. The monoisotopic (exact) mass is 458 g/mol. The molecule has 0 aliphatic heterocycles. The molecule has 4 aromatic rings. The number of rotatable bonds is 6. The first-order chi connectivity index (χ1) is 15.5. The number of aliphatic hydroxyl groups is 1. The molecule has 0 radical (unpaired) electrons. The van der Waals surface area contributed by atoms with E-state index in [-0.39, 0.29) is 5.69 Å². The highest BCUT2D eigenvalue weighted by Gasteiger charge is 2.33. The van der Waals surface area contributed by atoms with Gasteiger partial charge >= 0.3 is 6.18 Å². The zero-order chi connectivity index (χ0) is 23.8. The standard InChI is InChI=1S/C22H21F3N6O2/c1-21(2,33)6-7-31-11-13-8-17(14(9-16(13)30-31)18-10-26-12-27-18)29-20(32)15-4-3-5-19(28-15)22(23,24)25/h3-5,8-12,33H,6-7H2,1-2H3,(H,26,27)(H,29,32). The zero-order valence-electron chi connectivity index (χ0n) is 17.8. The Balaban J connectivity index is 1.69. The minimum absolute atomic E-state index is 0.359. The van der Waals surface area contributed by atoms with Gasteiger partial charge in [-0.15, -0.1) is 0 Å². The molecule has 172 valence electrons. The van der Waals surface area contributed by atoms with Gasteiger partial charge < -0.3 is 15.4 Å². The minimum Gasteiger partial charge on any atom is -0.390 e. The number of pyridine rings is 1. The van der Waals surface area contributed by atoms with Crippen LogP contribution in [0.3, 0.4) is 0 Å². The number of amides is 1. The molecule has 1 amide bonds. The van der Waals surface area contributed by atoms with E-state index in [2.05, 4.69) is 25.4 Å². The first-order valence-corrected chi connectivity index (χ1v) is 10.1. The Kier molecular flexibility index (Phi) is 5.66. The van der Waals surface area contributed by atoms with Crippen molar-refractivity contribution < 1.29 is 23.1 Å². The van der Waals surface area contributed by atoms with Gasteiger partial charge in [-0.3, -0.25) is 9.48 Å². The number of hydrogen-bond acceptors (Lipinski definition) is 5. The lowest BCUT2D eigenvalue weighted by molar-refractivity contribution is -0.141. The van der Waals surface area contributed by atoms with Crippen molar-refractivity contribution >= 4 is 22.5 Å². The number of imidazole rings is 1. The van der Waals surface area contributed by atoms with Gasteiger partial charge in [0.2, 0.25) is 0 Å². The summed E-state index contributed by atoms with van der Waals surface area (Å²) < 4.78 is 40.7. The molecule has 33 heavy (non-hydrogen) atoms. The number of fused-ring (bicyclic) bond motifs is 1. The quantitative estimate of drug-likeness (QED) is 0.400. The molecule has 0 saturated carbocycles. The summed E-state index contributed by atoms with van der Waals surface area (Å²) >= 11 is 0. The molecule has 3 heterocycles. The number of aromatic nitrogens is 5. The highest BCUT2D eigenvalue weighted by Crippen LogP contribution is 2.32. The number of H-pyrrole nitrogens is 1. The van der Waals surface area contributed by atoms with Crippen LogP contribution in [0, 0.1) is 0 Å². The Labute approximate surface area is 186 Å². The van der Waals surface area contributed by atoms with Crippen molar-refractivity contribution in [2.75, 3.05) is 5.32 Å². The maximum Gasteiger partial charge on any atom is 0.433 e. The molecule has 3 N–H and O–H groups in total. The number of carbonyl (C=O) groups excluding carboxylic acids is 1. The number of aromatic amines is 1. The Hall–Kier alpha value is -3.73. The molecule has 8 nitrogen and oxygen atoms in total. The summed E-state index contributed by atoms with van der Waals surface area (Å²) in [5.41, 5.74) is -0.197. The van der Waals surface area contributed by atoms with E-state index in [0.717, 1.165) is 12.1 Å². The Morgan fingerprint density at radius 2 is 2.03 bits per heavy atom. The lowest BCUT2D eigenvalue weighted by Gasteiger charge is -2.16. The molecule has 0 fully saturated rings. The predicted octanol–water partition coefficient (Wildman–Crippen LogP) is 4.25. The molecule has 0 bridgehead atoms. The normalized spacial score (nSPS) is 12.3. The largest absolute Gasteiger partial charge is 0.433 e. The van der Waals surface area contributed by atoms with Crippen LogP contribution < -0.4 is 5.32 Å². The fourth-order valence-corrected chi connectivity index (χ4v) is 3.26. The number of aryl methyl sites for hydroxylation is 1. The maximum absolute atomic E-state index is 13.0. The van der Waals surface area contributed by atoms with Gasteiger partial charge in [-0.25, -0.2) is 9.97 Å². The van der Waals surface area contributed by atoms with Crippen molar-refractivity contribution in [1.82, 2.24) is 24.7 Å². The Morgan fingerprint density at radius 3 is 2.70 bits per heavy atom. The van der Waals surface area contributed by atoms with E-state index in [9.17, 15) is 23.1 Å². The highest BCUT2D eigenvalue weighted by atomic mass is 19.4. The Morgan fingerprint density at radius 1 is 1.24 bits per heavy atom. The summed E-state index contributed by atoms with van der Waals surface area (Å²) in [5.74, 6) is -0.782. The van der Waals surface area contributed by atoms with Gasteiger partial charge in [-0.1, -0.05) is 6.07 Å². The molecule has 4 rings (SSSR count). The van der Waals surface area contributed by atoms with Crippen LogP contribution in [0.5, 0.6) is 0 Å². The number of hydrogen-bond donors (Lipinski definition) is 3. The lowest BCUT2D eigenvalue weighted by Crippen LogP contribution is -2.21. The average molecular weight is 458 g/mol. The lowest BCUT2D eigenvalue weighted by atomic mass is 10.1. The van der Waals surface area contributed by atoms with Crippen LogP contribution in [0.15, 0.2) is 49.1 Å². The van der Waals surface area contributed by atoms with Crippen LogP contribution in [-0.2, 0) is 12.7 Å². The summed E-state index contributed by atoms with van der Waals surface area (Å²) in [6.45, 7) is 3.90. The van der Waals surface area contributed by atoms with Crippen LogP contribution in [0.4, 0.5) is 18.9 Å². The second kappa shape index (κ2) is 8.32. The number of benzene rings is 1. The third-order valence-electron chi connectivity index (χ3n) is 4.95. The van der Waals surface area contributed by atoms with Gasteiger partial charge in [-0.2, -0.15) is 18.3 Å². The van der Waals surface area contributed by atoms with Crippen LogP contribution in [-0.4, -0.2) is 41.3 Å². The topological polar surface area (TPSA) is 109 Å². The molecule has 0 saturated heterocycles. The van der Waals surface area contributed by atoms with Gasteiger partial charge in [0.05, 0.1) is 35.0 Å². The molecular formula is C22H21F3N6O2. The number of nitrogens with one attached hydrogen (secondary N) is 2. The van der Waals surface area contributed by atoms with E-state index in [1.54, 1.807) is 43.1 Å². The van der Waals surface area contributed by atoms with Crippen molar-refractivity contribution in [2.24, 2.45) is 0 Å². The number of nitrogens with zero attached hydrogens (tertiary/aromatic N) is 4. The van der Waals surface area contributed by atoms with E-state index >= 15 is 0 Å². The fourth-order valence-electron chi connectivity index (χ4n) is 3.26. The first-order valence-electron chi connectivity index (χ1n) is 10.1. The number of alkyl halides is 3. The third kappa shape index (κ3) is 5.20. The summed E-state index contributed by atoms with van der Waals surface area (Å²) in [6.07, 6.45) is 0.634. The van der Waals surface area contributed by atoms with Gasteiger partial charge in [-0.05, 0) is 44.5 Å². The molecule has 0 aliphatic rings.